The van der Waals surface area contributed by atoms with Crippen LogP contribution in [0.5, 0.6) is 0 Å². The third kappa shape index (κ3) is 5.33. The number of nitrogens with one attached hydrogen (secondary N) is 1. The molecular formula is C18H24IN3. The highest BCUT2D eigenvalue weighted by atomic mass is 127. The first-order valence-corrected chi connectivity index (χ1v) is 7.25. The summed E-state index contributed by atoms with van der Waals surface area (Å²) < 4.78 is 0. The highest BCUT2D eigenvalue weighted by Gasteiger charge is 2.04. The molecule has 0 radical (unpaired) electrons. The lowest BCUT2D eigenvalue weighted by atomic mass is 10.0. The predicted molar refractivity (Wildman–Crippen MR) is 106 cm³/mol. The average molecular weight is 409 g/mol. The Labute approximate surface area is 150 Å². The molecule has 0 saturated carbocycles. The van der Waals surface area contributed by atoms with Crippen molar-refractivity contribution in [3.05, 3.63) is 65.2 Å². The van der Waals surface area contributed by atoms with Gasteiger partial charge in [0.25, 0.3) is 0 Å². The van der Waals surface area contributed by atoms with E-state index in [1.165, 1.54) is 16.7 Å². The summed E-state index contributed by atoms with van der Waals surface area (Å²) in [6.07, 6.45) is 0. The topological polar surface area (TPSA) is 50.4 Å². The lowest BCUT2D eigenvalue weighted by Gasteiger charge is -2.11. The maximum absolute atomic E-state index is 5.96. The SMILES string of the molecule is Cc1ccc(NC(N)=NCC(C)c2ccccc2)cc1C.I. The van der Waals surface area contributed by atoms with Gasteiger partial charge in [-0.3, -0.25) is 4.99 Å². The first kappa shape index (κ1) is 18.5. The minimum absolute atomic E-state index is 0. The third-order valence-electron chi connectivity index (χ3n) is 3.68. The number of anilines is 1. The number of guanidine groups is 1. The van der Waals surface area contributed by atoms with Gasteiger partial charge in [0.15, 0.2) is 5.96 Å². The molecule has 0 aromatic heterocycles. The fourth-order valence-electron chi connectivity index (χ4n) is 2.13. The van der Waals surface area contributed by atoms with Crippen LogP contribution in [0.25, 0.3) is 0 Å². The summed E-state index contributed by atoms with van der Waals surface area (Å²) in [4.78, 5) is 4.43. The van der Waals surface area contributed by atoms with Gasteiger partial charge < -0.3 is 11.1 Å². The first-order chi connectivity index (χ1) is 10.1. The van der Waals surface area contributed by atoms with Gasteiger partial charge in [0, 0.05) is 18.2 Å². The molecule has 3 N–H and O–H groups in total. The maximum atomic E-state index is 5.96. The summed E-state index contributed by atoms with van der Waals surface area (Å²) in [5.41, 5.74) is 10.7. The lowest BCUT2D eigenvalue weighted by Crippen LogP contribution is -2.23. The Morgan fingerprint density at radius 2 is 1.77 bits per heavy atom. The number of aliphatic imine (C=N–C) groups is 1. The molecule has 0 heterocycles. The van der Waals surface area contributed by atoms with E-state index in [0.29, 0.717) is 18.4 Å². The van der Waals surface area contributed by atoms with Crippen LogP contribution in [0.2, 0.25) is 0 Å². The quantitative estimate of drug-likeness (QED) is 0.445. The Hall–Kier alpha value is -1.56. The van der Waals surface area contributed by atoms with Gasteiger partial charge in [-0.2, -0.15) is 0 Å². The normalized spacial score (nSPS) is 12.4. The van der Waals surface area contributed by atoms with Gasteiger partial charge >= 0.3 is 0 Å². The molecule has 118 valence electrons. The van der Waals surface area contributed by atoms with Crippen LogP contribution < -0.4 is 11.1 Å². The number of nitrogens with two attached hydrogens (primary N) is 1. The third-order valence-corrected chi connectivity index (χ3v) is 3.68. The molecule has 0 aliphatic heterocycles. The number of halogens is 1. The molecule has 4 heteroatoms. The van der Waals surface area contributed by atoms with Crippen LogP contribution in [0, 0.1) is 13.8 Å². The molecule has 0 aliphatic rings. The van der Waals surface area contributed by atoms with Gasteiger partial charge in [-0.15, -0.1) is 24.0 Å². The van der Waals surface area contributed by atoms with Crippen molar-refractivity contribution in [3.63, 3.8) is 0 Å². The smallest absolute Gasteiger partial charge is 0.193 e. The number of hydrogen-bond acceptors (Lipinski definition) is 1. The zero-order chi connectivity index (χ0) is 15.2. The number of aryl methyl sites for hydroxylation is 2. The van der Waals surface area contributed by atoms with E-state index in [0.717, 1.165) is 5.69 Å². The van der Waals surface area contributed by atoms with E-state index in [4.69, 9.17) is 5.73 Å². The Bertz CT molecular complexity index is 623. The van der Waals surface area contributed by atoms with E-state index in [1.807, 2.05) is 24.3 Å². The Kier molecular flexibility index (Phi) is 7.38. The number of rotatable bonds is 4. The number of benzene rings is 2. The number of hydrogen-bond donors (Lipinski definition) is 2. The highest BCUT2D eigenvalue weighted by molar-refractivity contribution is 14.0. The van der Waals surface area contributed by atoms with E-state index < -0.39 is 0 Å². The lowest BCUT2D eigenvalue weighted by molar-refractivity contribution is 0.774. The average Bonchev–Trinajstić information content (AvgIpc) is 2.49. The van der Waals surface area contributed by atoms with Gasteiger partial charge in [-0.05, 0) is 42.7 Å². The summed E-state index contributed by atoms with van der Waals surface area (Å²) >= 11 is 0. The second-order valence-electron chi connectivity index (χ2n) is 5.46. The molecule has 1 atom stereocenters. The molecule has 0 saturated heterocycles. The molecule has 0 aliphatic carbocycles. The van der Waals surface area contributed by atoms with Crippen LogP contribution in [0.15, 0.2) is 53.5 Å². The minimum atomic E-state index is 0. The molecule has 2 aromatic rings. The van der Waals surface area contributed by atoms with Crippen molar-refractivity contribution in [1.29, 1.82) is 0 Å². The maximum Gasteiger partial charge on any atom is 0.193 e. The molecular weight excluding hydrogens is 385 g/mol. The molecule has 1 unspecified atom stereocenters. The minimum Gasteiger partial charge on any atom is -0.370 e. The van der Waals surface area contributed by atoms with Crippen LogP contribution in [-0.4, -0.2) is 12.5 Å². The summed E-state index contributed by atoms with van der Waals surface area (Å²) in [5.74, 6) is 0.812. The van der Waals surface area contributed by atoms with Gasteiger partial charge in [-0.25, -0.2) is 0 Å². The highest BCUT2D eigenvalue weighted by Crippen LogP contribution is 2.16. The van der Waals surface area contributed by atoms with Crippen molar-refractivity contribution in [2.45, 2.75) is 26.7 Å². The molecule has 0 bridgehead atoms. The Morgan fingerprint density at radius 1 is 1.09 bits per heavy atom. The second-order valence-corrected chi connectivity index (χ2v) is 5.46. The van der Waals surface area contributed by atoms with Crippen LogP contribution >= 0.6 is 24.0 Å². The van der Waals surface area contributed by atoms with E-state index >= 15 is 0 Å². The molecule has 0 amide bonds. The van der Waals surface area contributed by atoms with Gasteiger partial charge in [-0.1, -0.05) is 43.3 Å². The Morgan fingerprint density at radius 3 is 2.41 bits per heavy atom. The van der Waals surface area contributed by atoms with E-state index in [9.17, 15) is 0 Å². The predicted octanol–water partition coefficient (Wildman–Crippen LogP) is 4.45. The molecule has 3 nitrogen and oxygen atoms in total. The van der Waals surface area contributed by atoms with E-state index in [2.05, 4.69) is 55.3 Å². The molecule has 2 aromatic carbocycles. The zero-order valence-electron chi connectivity index (χ0n) is 13.3. The second kappa shape index (κ2) is 8.78. The molecule has 0 spiro atoms. The van der Waals surface area contributed by atoms with Crippen LogP contribution in [0.3, 0.4) is 0 Å². The van der Waals surface area contributed by atoms with Gasteiger partial charge in [0.05, 0.1) is 0 Å². The van der Waals surface area contributed by atoms with E-state index in [-0.39, 0.29) is 24.0 Å². The van der Waals surface area contributed by atoms with E-state index in [1.54, 1.807) is 0 Å². The van der Waals surface area contributed by atoms with Crippen molar-refractivity contribution < 1.29 is 0 Å². The molecule has 22 heavy (non-hydrogen) atoms. The van der Waals surface area contributed by atoms with Crippen molar-refractivity contribution in [2.24, 2.45) is 10.7 Å². The van der Waals surface area contributed by atoms with Crippen LogP contribution in [-0.2, 0) is 0 Å². The fourth-order valence-corrected chi connectivity index (χ4v) is 2.13. The van der Waals surface area contributed by atoms with Crippen LogP contribution in [0.4, 0.5) is 5.69 Å². The van der Waals surface area contributed by atoms with Crippen LogP contribution in [0.1, 0.15) is 29.5 Å². The summed E-state index contributed by atoms with van der Waals surface area (Å²) in [6.45, 7) is 7.01. The van der Waals surface area contributed by atoms with Crippen molar-refractivity contribution in [2.75, 3.05) is 11.9 Å². The van der Waals surface area contributed by atoms with Gasteiger partial charge in [0.2, 0.25) is 0 Å². The van der Waals surface area contributed by atoms with Crippen molar-refractivity contribution >= 4 is 35.6 Å². The Balaban J connectivity index is 0.00000242. The molecule has 2 rings (SSSR count). The largest absolute Gasteiger partial charge is 0.370 e. The standard InChI is InChI=1S/C18H23N3.HI/c1-13-9-10-17(11-14(13)2)21-18(19)20-12-15(3)16-7-5-4-6-8-16;/h4-11,15H,12H2,1-3H3,(H3,19,20,21);1H. The van der Waals surface area contributed by atoms with Crippen molar-refractivity contribution in [1.82, 2.24) is 0 Å². The first-order valence-electron chi connectivity index (χ1n) is 7.25. The monoisotopic (exact) mass is 409 g/mol. The van der Waals surface area contributed by atoms with Crippen molar-refractivity contribution in [3.8, 4) is 0 Å². The zero-order valence-corrected chi connectivity index (χ0v) is 15.7. The fraction of sp³-hybridized carbons (Fsp3) is 0.278. The summed E-state index contributed by atoms with van der Waals surface area (Å²) in [5, 5.41) is 3.14. The number of nitrogens with zero attached hydrogens (tertiary/aromatic N) is 1. The molecule has 0 fully saturated rings. The summed E-state index contributed by atoms with van der Waals surface area (Å²) in [6, 6.07) is 16.5. The summed E-state index contributed by atoms with van der Waals surface area (Å²) in [7, 11) is 0. The van der Waals surface area contributed by atoms with Gasteiger partial charge in [0.1, 0.15) is 0 Å².